The van der Waals surface area contributed by atoms with Gasteiger partial charge in [-0.15, -0.1) is 0 Å². The second-order valence-electron chi connectivity index (χ2n) is 8.59. The summed E-state index contributed by atoms with van der Waals surface area (Å²) in [7, 11) is 0. The predicted octanol–water partition coefficient (Wildman–Crippen LogP) is 3.65. The van der Waals surface area contributed by atoms with E-state index < -0.39 is 6.09 Å². The van der Waals surface area contributed by atoms with Crippen LogP contribution in [0.4, 0.5) is 4.79 Å². The Balaban J connectivity index is 2.85. The molecule has 0 radical (unpaired) electrons. The van der Waals surface area contributed by atoms with Crippen LogP contribution in [0.1, 0.15) is 83.9 Å². The van der Waals surface area contributed by atoms with E-state index in [-0.39, 0.29) is 23.4 Å². The lowest BCUT2D eigenvalue weighted by Crippen LogP contribution is -2.44. The first kappa shape index (κ1) is 23.0. The monoisotopic (exact) mass is 380 g/mol. The molecule has 0 bridgehead atoms. The first-order chi connectivity index (χ1) is 12.5. The van der Waals surface area contributed by atoms with Crippen molar-refractivity contribution in [3.05, 3.63) is 17.5 Å². The minimum absolute atomic E-state index is 0.192. The van der Waals surface area contributed by atoms with Crippen LogP contribution in [-0.2, 0) is 10.3 Å². The number of carbonyl (C=O) groups excluding carboxylic acids is 2. The summed E-state index contributed by atoms with van der Waals surface area (Å²) in [6.07, 6.45) is 0.281. The van der Waals surface area contributed by atoms with Crippen molar-refractivity contribution in [2.24, 2.45) is 5.92 Å². The molecule has 0 spiro atoms. The zero-order valence-corrected chi connectivity index (χ0v) is 18.0. The standard InChI is InChI=1S/C20H36N4O3/c1-9-27-19(26)22-15(10-13(2)3)12-21-18(25)16-11-17(14(4)5)24(23-16)20(6,7)8/h11,13-15H,9-10,12H2,1-8H3,(H,21,25)(H,22,26)/t15-/m0/s1. The summed E-state index contributed by atoms with van der Waals surface area (Å²) < 4.78 is 6.86. The van der Waals surface area contributed by atoms with Gasteiger partial charge in [-0.2, -0.15) is 5.10 Å². The van der Waals surface area contributed by atoms with Crippen molar-refractivity contribution < 1.29 is 14.3 Å². The summed E-state index contributed by atoms with van der Waals surface area (Å²) in [5.74, 6) is 0.401. The van der Waals surface area contributed by atoms with Crippen molar-refractivity contribution in [2.45, 2.75) is 79.3 Å². The van der Waals surface area contributed by atoms with Crippen LogP contribution in [0.15, 0.2) is 6.07 Å². The maximum absolute atomic E-state index is 12.6. The van der Waals surface area contributed by atoms with Crippen LogP contribution in [0, 0.1) is 5.92 Å². The number of nitrogens with one attached hydrogen (secondary N) is 2. The third-order valence-electron chi connectivity index (χ3n) is 4.06. The highest BCUT2D eigenvalue weighted by Gasteiger charge is 2.24. The Kier molecular flexibility index (Phi) is 8.31. The predicted molar refractivity (Wildman–Crippen MR) is 107 cm³/mol. The normalized spacial score (nSPS) is 13.0. The molecule has 0 saturated heterocycles. The van der Waals surface area contributed by atoms with E-state index >= 15 is 0 Å². The molecule has 7 heteroatoms. The lowest BCUT2D eigenvalue weighted by Gasteiger charge is -2.23. The SMILES string of the molecule is CCOC(=O)N[C@H](CNC(=O)c1cc(C(C)C)n(C(C)(C)C)n1)CC(C)C. The van der Waals surface area contributed by atoms with Gasteiger partial charge in [-0.1, -0.05) is 27.7 Å². The van der Waals surface area contributed by atoms with Crippen LogP contribution in [0.5, 0.6) is 0 Å². The van der Waals surface area contributed by atoms with Gasteiger partial charge in [0, 0.05) is 18.3 Å². The Bertz CT molecular complexity index is 630. The first-order valence-corrected chi connectivity index (χ1v) is 9.77. The zero-order chi connectivity index (χ0) is 20.8. The van der Waals surface area contributed by atoms with E-state index in [0.717, 1.165) is 12.1 Å². The molecule has 1 heterocycles. The molecule has 1 aromatic rings. The zero-order valence-electron chi connectivity index (χ0n) is 18.0. The highest BCUT2D eigenvalue weighted by atomic mass is 16.5. The van der Waals surface area contributed by atoms with Gasteiger partial charge in [0.2, 0.25) is 0 Å². The highest BCUT2D eigenvalue weighted by molar-refractivity contribution is 5.92. The second-order valence-corrected chi connectivity index (χ2v) is 8.59. The van der Waals surface area contributed by atoms with Gasteiger partial charge in [0.1, 0.15) is 5.69 Å². The van der Waals surface area contributed by atoms with E-state index in [4.69, 9.17) is 4.74 Å². The number of rotatable bonds is 8. The van der Waals surface area contributed by atoms with Crippen LogP contribution in [0.2, 0.25) is 0 Å². The summed E-state index contributed by atoms with van der Waals surface area (Å²) in [5.41, 5.74) is 1.22. The van der Waals surface area contributed by atoms with E-state index in [2.05, 4.69) is 64.2 Å². The summed E-state index contributed by atoms with van der Waals surface area (Å²) in [4.78, 5) is 24.4. The van der Waals surface area contributed by atoms with E-state index in [1.54, 1.807) is 6.92 Å². The third kappa shape index (κ3) is 7.23. The van der Waals surface area contributed by atoms with Crippen LogP contribution >= 0.6 is 0 Å². The molecular formula is C20H36N4O3. The number of carbonyl (C=O) groups is 2. The van der Waals surface area contributed by atoms with Gasteiger partial charge < -0.3 is 15.4 Å². The number of nitrogens with zero attached hydrogens (tertiary/aromatic N) is 2. The maximum atomic E-state index is 12.6. The minimum atomic E-state index is -0.462. The highest BCUT2D eigenvalue weighted by Crippen LogP contribution is 2.23. The van der Waals surface area contributed by atoms with Crippen molar-refractivity contribution in [1.82, 2.24) is 20.4 Å². The number of ether oxygens (including phenoxy) is 1. The third-order valence-corrected chi connectivity index (χ3v) is 4.06. The fourth-order valence-corrected chi connectivity index (χ4v) is 2.86. The fraction of sp³-hybridized carbons (Fsp3) is 0.750. The Morgan fingerprint density at radius 3 is 2.30 bits per heavy atom. The van der Waals surface area contributed by atoms with Gasteiger partial charge in [-0.05, 0) is 52.0 Å². The Morgan fingerprint density at radius 2 is 1.85 bits per heavy atom. The first-order valence-electron chi connectivity index (χ1n) is 9.77. The van der Waals surface area contributed by atoms with Crippen molar-refractivity contribution in [3.63, 3.8) is 0 Å². The molecule has 1 atom stereocenters. The molecule has 154 valence electrons. The molecule has 27 heavy (non-hydrogen) atoms. The smallest absolute Gasteiger partial charge is 0.407 e. The summed E-state index contributed by atoms with van der Waals surface area (Å²) in [6.45, 7) is 16.9. The van der Waals surface area contributed by atoms with Crippen molar-refractivity contribution in [2.75, 3.05) is 13.2 Å². The molecule has 2 amide bonds. The number of hydrogen-bond acceptors (Lipinski definition) is 4. The molecule has 0 fully saturated rings. The van der Waals surface area contributed by atoms with Crippen LogP contribution in [0.25, 0.3) is 0 Å². The number of amides is 2. The lowest BCUT2D eigenvalue weighted by molar-refractivity contribution is 0.0938. The average Bonchev–Trinajstić information content (AvgIpc) is 2.97. The average molecular weight is 381 g/mol. The molecule has 1 aromatic heterocycles. The molecule has 0 saturated carbocycles. The Hall–Kier alpha value is -2.05. The summed E-state index contributed by atoms with van der Waals surface area (Å²) >= 11 is 0. The molecule has 0 aliphatic carbocycles. The molecule has 2 N–H and O–H groups in total. The van der Waals surface area contributed by atoms with E-state index in [1.165, 1.54) is 0 Å². The van der Waals surface area contributed by atoms with Gasteiger partial charge in [0.05, 0.1) is 12.1 Å². The molecule has 0 aromatic carbocycles. The molecule has 1 rings (SSSR count). The van der Waals surface area contributed by atoms with Crippen LogP contribution in [0.3, 0.4) is 0 Å². The number of aromatic nitrogens is 2. The van der Waals surface area contributed by atoms with Gasteiger partial charge in [-0.3, -0.25) is 9.48 Å². The molecule has 7 nitrogen and oxygen atoms in total. The minimum Gasteiger partial charge on any atom is -0.450 e. The van der Waals surface area contributed by atoms with Crippen molar-refractivity contribution in [3.8, 4) is 0 Å². The molecule has 0 aliphatic heterocycles. The van der Waals surface area contributed by atoms with E-state index in [1.807, 2.05) is 10.7 Å². The molecule has 0 unspecified atom stereocenters. The Morgan fingerprint density at radius 1 is 1.22 bits per heavy atom. The summed E-state index contributed by atoms with van der Waals surface area (Å²) in [5, 5.41) is 10.2. The van der Waals surface area contributed by atoms with Gasteiger partial charge in [-0.25, -0.2) is 4.79 Å². The van der Waals surface area contributed by atoms with Crippen molar-refractivity contribution in [1.29, 1.82) is 0 Å². The Labute approximate surface area is 163 Å². The van der Waals surface area contributed by atoms with E-state index in [0.29, 0.717) is 24.8 Å². The quantitative estimate of drug-likeness (QED) is 0.721. The topological polar surface area (TPSA) is 85.3 Å². The summed E-state index contributed by atoms with van der Waals surface area (Å²) in [6, 6.07) is 1.66. The molecule has 0 aliphatic rings. The maximum Gasteiger partial charge on any atom is 0.407 e. The number of hydrogen-bond donors (Lipinski definition) is 2. The van der Waals surface area contributed by atoms with Crippen molar-refractivity contribution >= 4 is 12.0 Å². The van der Waals surface area contributed by atoms with Crippen LogP contribution in [-0.4, -0.2) is 41.0 Å². The molecular weight excluding hydrogens is 344 g/mol. The number of alkyl carbamates (subject to hydrolysis) is 1. The lowest BCUT2D eigenvalue weighted by atomic mass is 10.0. The largest absolute Gasteiger partial charge is 0.450 e. The van der Waals surface area contributed by atoms with Gasteiger partial charge in [0.15, 0.2) is 0 Å². The van der Waals surface area contributed by atoms with Gasteiger partial charge in [0.25, 0.3) is 5.91 Å². The van der Waals surface area contributed by atoms with E-state index in [9.17, 15) is 9.59 Å². The van der Waals surface area contributed by atoms with Crippen LogP contribution < -0.4 is 10.6 Å². The fourth-order valence-electron chi connectivity index (χ4n) is 2.86. The van der Waals surface area contributed by atoms with Gasteiger partial charge >= 0.3 is 6.09 Å². The second kappa shape index (κ2) is 9.76.